The molecule has 0 bridgehead atoms. The number of nitrogens with one attached hydrogen (secondary N) is 1. The summed E-state index contributed by atoms with van der Waals surface area (Å²) in [5, 5.41) is 6.89. The normalized spacial score (nSPS) is 15.5. The number of benzene rings is 1. The minimum absolute atomic E-state index is 0.118. The highest BCUT2D eigenvalue weighted by atomic mass is 32.2. The monoisotopic (exact) mass is 408 g/mol. The molecular formula is C18H24N4O5S. The van der Waals surface area contributed by atoms with E-state index in [0.29, 0.717) is 37.9 Å². The first-order valence-electron chi connectivity index (χ1n) is 9.02. The lowest BCUT2D eigenvalue weighted by atomic mass is 10.3. The van der Waals surface area contributed by atoms with Gasteiger partial charge in [0.1, 0.15) is 11.6 Å². The topological polar surface area (TPSA) is 103 Å². The molecule has 3 rings (SSSR count). The number of anilines is 1. The van der Waals surface area contributed by atoms with Gasteiger partial charge < -0.3 is 14.8 Å². The molecular weight excluding hydrogens is 384 g/mol. The van der Waals surface area contributed by atoms with Gasteiger partial charge in [-0.1, -0.05) is 0 Å². The van der Waals surface area contributed by atoms with Gasteiger partial charge in [0, 0.05) is 25.2 Å². The quantitative estimate of drug-likeness (QED) is 0.745. The van der Waals surface area contributed by atoms with Crippen LogP contribution in [0.4, 0.5) is 5.82 Å². The molecule has 0 aliphatic carbocycles. The predicted octanol–water partition coefficient (Wildman–Crippen LogP) is 1.50. The number of carbonyl (C=O) groups excluding carboxylic acids is 1. The number of carbonyl (C=O) groups is 1. The highest BCUT2D eigenvalue weighted by molar-refractivity contribution is 7.89. The van der Waals surface area contributed by atoms with Crippen molar-refractivity contribution < 1.29 is 22.7 Å². The van der Waals surface area contributed by atoms with E-state index in [1.807, 2.05) is 13.8 Å². The van der Waals surface area contributed by atoms with E-state index in [-0.39, 0.29) is 23.5 Å². The first-order valence-corrected chi connectivity index (χ1v) is 10.5. The van der Waals surface area contributed by atoms with E-state index < -0.39 is 10.0 Å². The Kier molecular flexibility index (Phi) is 6.32. The van der Waals surface area contributed by atoms with Crippen LogP contribution in [0.3, 0.4) is 0 Å². The summed E-state index contributed by atoms with van der Waals surface area (Å²) in [4.78, 5) is 12.3. The first kappa shape index (κ1) is 20.3. The Morgan fingerprint density at radius 3 is 2.54 bits per heavy atom. The van der Waals surface area contributed by atoms with E-state index in [9.17, 15) is 13.2 Å². The zero-order chi connectivity index (χ0) is 20.1. The van der Waals surface area contributed by atoms with Crippen molar-refractivity contribution in [2.75, 3.05) is 38.2 Å². The van der Waals surface area contributed by atoms with Gasteiger partial charge in [-0.25, -0.2) is 13.1 Å². The smallest absolute Gasteiger partial charge is 0.263 e. The predicted molar refractivity (Wildman–Crippen MR) is 103 cm³/mol. The van der Waals surface area contributed by atoms with Gasteiger partial charge in [0.15, 0.2) is 6.61 Å². The number of rotatable bonds is 7. The SMILES string of the molecule is CC(C)n1nccc1NC(=O)COc1ccc(S(=O)(=O)N2CCOCC2)cc1. The van der Waals surface area contributed by atoms with Gasteiger partial charge >= 0.3 is 0 Å². The van der Waals surface area contributed by atoms with Crippen molar-refractivity contribution in [1.82, 2.24) is 14.1 Å². The molecule has 10 heteroatoms. The molecule has 1 N–H and O–H groups in total. The summed E-state index contributed by atoms with van der Waals surface area (Å²) in [6.45, 7) is 5.20. The molecule has 0 spiro atoms. The third kappa shape index (κ3) is 4.70. The number of ether oxygens (including phenoxy) is 2. The Hall–Kier alpha value is -2.43. The van der Waals surface area contributed by atoms with Gasteiger partial charge in [-0.15, -0.1) is 0 Å². The van der Waals surface area contributed by atoms with Crippen LogP contribution in [0.2, 0.25) is 0 Å². The molecule has 1 aliphatic rings. The molecule has 1 aromatic carbocycles. The summed E-state index contributed by atoms with van der Waals surface area (Å²) >= 11 is 0. The molecule has 1 aliphatic heterocycles. The van der Waals surface area contributed by atoms with Gasteiger partial charge in [-0.3, -0.25) is 4.79 Å². The largest absolute Gasteiger partial charge is 0.484 e. The van der Waals surface area contributed by atoms with Crippen molar-refractivity contribution in [2.45, 2.75) is 24.8 Å². The summed E-state index contributed by atoms with van der Waals surface area (Å²) in [6, 6.07) is 7.87. The van der Waals surface area contributed by atoms with Crippen LogP contribution in [-0.4, -0.2) is 61.3 Å². The molecule has 2 aromatic rings. The van der Waals surface area contributed by atoms with Crippen molar-refractivity contribution in [1.29, 1.82) is 0 Å². The Labute approximate surface area is 164 Å². The van der Waals surface area contributed by atoms with Gasteiger partial charge in [0.2, 0.25) is 10.0 Å². The molecule has 0 unspecified atom stereocenters. The number of morpholine rings is 1. The summed E-state index contributed by atoms with van der Waals surface area (Å²) in [5.74, 6) is 0.677. The number of hydrogen-bond donors (Lipinski definition) is 1. The highest BCUT2D eigenvalue weighted by Gasteiger charge is 2.26. The standard InChI is InChI=1S/C18H24N4O5S/c1-14(2)22-17(7-8-19-22)20-18(23)13-27-15-3-5-16(6-4-15)28(24,25)21-9-11-26-12-10-21/h3-8,14H,9-13H2,1-2H3,(H,20,23). The Bertz CT molecular complexity index is 902. The Balaban J connectivity index is 1.57. The summed E-state index contributed by atoms with van der Waals surface area (Å²) < 4.78 is 38.9. The summed E-state index contributed by atoms with van der Waals surface area (Å²) in [5.41, 5.74) is 0. The van der Waals surface area contributed by atoms with E-state index in [1.165, 1.54) is 16.4 Å². The second-order valence-electron chi connectivity index (χ2n) is 6.58. The van der Waals surface area contributed by atoms with E-state index in [2.05, 4.69) is 10.4 Å². The van der Waals surface area contributed by atoms with Crippen LogP contribution in [0.5, 0.6) is 5.75 Å². The molecule has 0 radical (unpaired) electrons. The number of amides is 1. The molecule has 1 saturated heterocycles. The lowest BCUT2D eigenvalue weighted by molar-refractivity contribution is -0.118. The maximum absolute atomic E-state index is 12.6. The maximum Gasteiger partial charge on any atom is 0.263 e. The second kappa shape index (κ2) is 8.72. The van der Waals surface area contributed by atoms with Crippen molar-refractivity contribution in [2.24, 2.45) is 0 Å². The van der Waals surface area contributed by atoms with Crippen molar-refractivity contribution in [3.05, 3.63) is 36.5 Å². The molecule has 0 saturated carbocycles. The zero-order valence-corrected chi connectivity index (χ0v) is 16.7. The van der Waals surface area contributed by atoms with Crippen molar-refractivity contribution >= 4 is 21.7 Å². The second-order valence-corrected chi connectivity index (χ2v) is 8.52. The fraction of sp³-hybridized carbons (Fsp3) is 0.444. The summed E-state index contributed by atoms with van der Waals surface area (Å²) in [6.07, 6.45) is 1.62. The van der Waals surface area contributed by atoms with Gasteiger partial charge in [-0.05, 0) is 38.1 Å². The van der Waals surface area contributed by atoms with E-state index in [4.69, 9.17) is 9.47 Å². The van der Waals surface area contributed by atoms with E-state index in [1.54, 1.807) is 29.1 Å². The minimum atomic E-state index is -3.55. The molecule has 28 heavy (non-hydrogen) atoms. The van der Waals surface area contributed by atoms with E-state index >= 15 is 0 Å². The van der Waals surface area contributed by atoms with Crippen LogP contribution in [0.25, 0.3) is 0 Å². The first-order chi connectivity index (χ1) is 13.4. The van der Waals surface area contributed by atoms with Gasteiger partial charge in [-0.2, -0.15) is 9.40 Å². The molecule has 1 amide bonds. The Morgan fingerprint density at radius 1 is 1.21 bits per heavy atom. The number of sulfonamides is 1. The molecule has 152 valence electrons. The molecule has 1 fully saturated rings. The Morgan fingerprint density at radius 2 is 1.89 bits per heavy atom. The van der Waals surface area contributed by atoms with Crippen LogP contribution < -0.4 is 10.1 Å². The lowest BCUT2D eigenvalue weighted by Crippen LogP contribution is -2.40. The molecule has 2 heterocycles. The van der Waals surface area contributed by atoms with Crippen LogP contribution in [0.15, 0.2) is 41.4 Å². The average Bonchev–Trinajstić information content (AvgIpc) is 3.16. The zero-order valence-electron chi connectivity index (χ0n) is 15.9. The lowest BCUT2D eigenvalue weighted by Gasteiger charge is -2.26. The summed E-state index contributed by atoms with van der Waals surface area (Å²) in [7, 11) is -3.55. The van der Waals surface area contributed by atoms with Crippen molar-refractivity contribution in [3.63, 3.8) is 0 Å². The number of nitrogens with zero attached hydrogens (tertiary/aromatic N) is 3. The van der Waals surface area contributed by atoms with Gasteiger partial charge in [0.25, 0.3) is 5.91 Å². The maximum atomic E-state index is 12.6. The molecule has 0 atom stereocenters. The van der Waals surface area contributed by atoms with E-state index in [0.717, 1.165) is 0 Å². The third-order valence-corrected chi connectivity index (χ3v) is 6.14. The fourth-order valence-corrected chi connectivity index (χ4v) is 4.20. The number of aromatic nitrogens is 2. The average molecular weight is 408 g/mol. The third-order valence-electron chi connectivity index (χ3n) is 4.23. The molecule has 1 aromatic heterocycles. The van der Waals surface area contributed by atoms with Crippen LogP contribution >= 0.6 is 0 Å². The number of hydrogen-bond acceptors (Lipinski definition) is 6. The van der Waals surface area contributed by atoms with Crippen molar-refractivity contribution in [3.8, 4) is 5.75 Å². The van der Waals surface area contributed by atoms with Gasteiger partial charge in [0.05, 0.1) is 24.3 Å². The molecule has 9 nitrogen and oxygen atoms in total. The van der Waals surface area contributed by atoms with Crippen LogP contribution in [0.1, 0.15) is 19.9 Å². The van der Waals surface area contributed by atoms with Crippen LogP contribution in [0, 0.1) is 0 Å². The highest BCUT2D eigenvalue weighted by Crippen LogP contribution is 2.20. The fourth-order valence-electron chi connectivity index (χ4n) is 2.80. The van der Waals surface area contributed by atoms with Crippen LogP contribution in [-0.2, 0) is 19.6 Å². The minimum Gasteiger partial charge on any atom is -0.484 e.